The van der Waals surface area contributed by atoms with Crippen molar-refractivity contribution in [2.24, 2.45) is 0 Å². The molecular weight excluding hydrogens is 463 g/mol. The minimum Gasteiger partial charge on any atom is -0.481 e. The number of amides is 1. The van der Waals surface area contributed by atoms with E-state index in [1.54, 1.807) is 39.3 Å². The van der Waals surface area contributed by atoms with E-state index in [2.05, 4.69) is 9.71 Å². The van der Waals surface area contributed by atoms with E-state index in [0.717, 1.165) is 38.3 Å². The molecule has 1 heterocycles. The van der Waals surface area contributed by atoms with Gasteiger partial charge in [-0.15, -0.1) is 0 Å². The van der Waals surface area contributed by atoms with Crippen molar-refractivity contribution in [2.45, 2.75) is 63.9 Å². The lowest BCUT2D eigenvalue weighted by Crippen LogP contribution is -2.18. The number of hydrogen-bond acceptors (Lipinski definition) is 5. The summed E-state index contributed by atoms with van der Waals surface area (Å²) in [6.07, 6.45) is 2.36. The number of carbonyl (C=O) groups is 1. The standard InChI is InChI=1S/C28H33FN2O3S/c1-17(2)23-15-21(29)16-24(19-11-12-30-27(14-19)34-6)22(23)8-10-26(32)31-35-25-9-7-20(13-18(25)3)28(4,5)33/h7,9,11-17,33H,8,10H2,1-6H3,(H,31,32). The lowest BCUT2D eigenvalue weighted by atomic mass is 9.87. The number of hydrogen-bond donors (Lipinski definition) is 2. The minimum absolute atomic E-state index is 0.0950. The van der Waals surface area contributed by atoms with E-state index in [1.807, 2.05) is 45.0 Å². The molecule has 2 aromatic carbocycles. The first-order valence-corrected chi connectivity index (χ1v) is 12.4. The smallest absolute Gasteiger partial charge is 0.230 e. The first-order valence-electron chi connectivity index (χ1n) is 11.6. The molecule has 3 aromatic rings. The van der Waals surface area contributed by atoms with Crippen LogP contribution in [0.15, 0.2) is 53.6 Å². The van der Waals surface area contributed by atoms with Crippen molar-refractivity contribution in [2.75, 3.05) is 7.11 Å². The Morgan fingerprint density at radius 3 is 2.57 bits per heavy atom. The van der Waals surface area contributed by atoms with E-state index < -0.39 is 5.60 Å². The Hall–Kier alpha value is -2.90. The summed E-state index contributed by atoms with van der Waals surface area (Å²) in [5, 5.41) is 10.2. The van der Waals surface area contributed by atoms with Gasteiger partial charge in [0, 0.05) is 23.6 Å². The zero-order valence-electron chi connectivity index (χ0n) is 21.1. The molecule has 35 heavy (non-hydrogen) atoms. The highest BCUT2D eigenvalue weighted by Gasteiger charge is 2.19. The maximum atomic E-state index is 14.5. The first kappa shape index (κ1) is 26.7. The van der Waals surface area contributed by atoms with Gasteiger partial charge in [0.2, 0.25) is 11.8 Å². The molecule has 5 nitrogen and oxygen atoms in total. The Balaban J connectivity index is 1.78. The van der Waals surface area contributed by atoms with E-state index in [1.165, 1.54) is 18.0 Å². The summed E-state index contributed by atoms with van der Waals surface area (Å²) in [4.78, 5) is 17.8. The summed E-state index contributed by atoms with van der Waals surface area (Å²) < 4.78 is 22.7. The topological polar surface area (TPSA) is 71.5 Å². The highest BCUT2D eigenvalue weighted by atomic mass is 32.2. The van der Waals surface area contributed by atoms with Crippen LogP contribution in [-0.2, 0) is 16.8 Å². The number of pyridine rings is 1. The summed E-state index contributed by atoms with van der Waals surface area (Å²) in [6.45, 7) is 9.48. The molecule has 0 atom stereocenters. The van der Waals surface area contributed by atoms with Gasteiger partial charge in [0.15, 0.2) is 0 Å². The van der Waals surface area contributed by atoms with Crippen LogP contribution in [0.1, 0.15) is 62.3 Å². The van der Waals surface area contributed by atoms with Crippen LogP contribution < -0.4 is 9.46 Å². The van der Waals surface area contributed by atoms with Crippen molar-refractivity contribution in [1.29, 1.82) is 0 Å². The number of carbonyl (C=O) groups excluding carboxylic acids is 1. The molecule has 0 radical (unpaired) electrons. The number of nitrogens with zero attached hydrogens (tertiary/aromatic N) is 1. The molecule has 3 rings (SSSR count). The van der Waals surface area contributed by atoms with Gasteiger partial charge in [0.1, 0.15) is 5.82 Å². The number of nitrogens with one attached hydrogen (secondary N) is 1. The molecule has 0 aliphatic heterocycles. The summed E-state index contributed by atoms with van der Waals surface area (Å²) in [6, 6.07) is 12.4. The lowest BCUT2D eigenvalue weighted by molar-refractivity contribution is -0.119. The highest BCUT2D eigenvalue weighted by molar-refractivity contribution is 7.98. The van der Waals surface area contributed by atoms with E-state index in [9.17, 15) is 14.3 Å². The maximum absolute atomic E-state index is 14.5. The Morgan fingerprint density at radius 1 is 1.20 bits per heavy atom. The largest absolute Gasteiger partial charge is 0.481 e. The molecule has 0 bridgehead atoms. The molecule has 0 aliphatic rings. The van der Waals surface area contributed by atoms with E-state index in [-0.39, 0.29) is 24.1 Å². The molecule has 1 amide bonds. The summed E-state index contributed by atoms with van der Waals surface area (Å²) in [5.74, 6) is 0.118. The second kappa shape index (κ2) is 11.2. The van der Waals surface area contributed by atoms with Crippen LogP contribution in [0.4, 0.5) is 4.39 Å². The lowest BCUT2D eigenvalue weighted by Gasteiger charge is -2.19. The van der Waals surface area contributed by atoms with E-state index >= 15 is 0 Å². The number of halogens is 1. The molecule has 7 heteroatoms. The van der Waals surface area contributed by atoms with Crippen LogP contribution in [0.3, 0.4) is 0 Å². The maximum Gasteiger partial charge on any atom is 0.230 e. The van der Waals surface area contributed by atoms with Crippen molar-refractivity contribution in [3.63, 3.8) is 0 Å². The van der Waals surface area contributed by atoms with Crippen LogP contribution in [0.2, 0.25) is 0 Å². The Labute approximate surface area is 211 Å². The second-order valence-corrected chi connectivity index (χ2v) is 10.3. The van der Waals surface area contributed by atoms with E-state index in [0.29, 0.717) is 12.3 Å². The first-order chi connectivity index (χ1) is 16.5. The van der Waals surface area contributed by atoms with Crippen molar-refractivity contribution >= 4 is 17.9 Å². The Kier molecular flexibility index (Phi) is 8.56. The van der Waals surface area contributed by atoms with Crippen molar-refractivity contribution in [1.82, 2.24) is 9.71 Å². The average Bonchev–Trinajstić information content (AvgIpc) is 2.81. The molecule has 0 aliphatic carbocycles. The fourth-order valence-electron chi connectivity index (χ4n) is 3.94. The Morgan fingerprint density at radius 2 is 1.94 bits per heavy atom. The third-order valence-corrected chi connectivity index (χ3v) is 6.89. The zero-order valence-corrected chi connectivity index (χ0v) is 21.9. The molecule has 2 N–H and O–H groups in total. The fraction of sp³-hybridized carbons (Fsp3) is 0.357. The molecule has 0 saturated carbocycles. The molecule has 0 spiro atoms. The second-order valence-electron chi connectivity index (χ2n) is 9.43. The fourth-order valence-corrected chi connectivity index (χ4v) is 4.63. The number of ether oxygens (including phenoxy) is 1. The number of aliphatic hydroxyl groups is 1. The van der Waals surface area contributed by atoms with Crippen LogP contribution in [-0.4, -0.2) is 23.1 Å². The van der Waals surface area contributed by atoms with Crippen LogP contribution in [0.5, 0.6) is 5.88 Å². The Bertz CT molecular complexity index is 1210. The highest BCUT2D eigenvalue weighted by Crippen LogP contribution is 2.34. The number of methoxy groups -OCH3 is 1. The van der Waals surface area contributed by atoms with Gasteiger partial charge in [-0.3, -0.25) is 9.52 Å². The summed E-state index contributed by atoms with van der Waals surface area (Å²) >= 11 is 1.26. The van der Waals surface area contributed by atoms with Gasteiger partial charge >= 0.3 is 0 Å². The van der Waals surface area contributed by atoms with Crippen LogP contribution in [0.25, 0.3) is 11.1 Å². The number of benzene rings is 2. The van der Waals surface area contributed by atoms with Gasteiger partial charge in [-0.05, 0) is 103 Å². The van der Waals surface area contributed by atoms with Gasteiger partial charge in [-0.25, -0.2) is 9.37 Å². The van der Waals surface area contributed by atoms with Crippen LogP contribution >= 0.6 is 11.9 Å². The van der Waals surface area contributed by atoms with Gasteiger partial charge in [-0.1, -0.05) is 26.0 Å². The SMILES string of the molecule is COc1cc(-c2cc(F)cc(C(C)C)c2CCC(=O)NSc2ccc(C(C)(C)O)cc2C)ccn1. The number of aromatic nitrogens is 1. The molecule has 1 aromatic heterocycles. The third kappa shape index (κ3) is 6.83. The monoisotopic (exact) mass is 496 g/mol. The van der Waals surface area contributed by atoms with Crippen molar-refractivity contribution < 1.29 is 19.0 Å². The van der Waals surface area contributed by atoms with Crippen LogP contribution in [0, 0.1) is 12.7 Å². The van der Waals surface area contributed by atoms with Gasteiger partial charge in [-0.2, -0.15) is 0 Å². The molecule has 0 fully saturated rings. The van der Waals surface area contributed by atoms with Crippen molar-refractivity contribution in [3.05, 3.63) is 76.7 Å². The number of rotatable bonds is 9. The number of aryl methyl sites for hydroxylation is 1. The molecule has 0 saturated heterocycles. The summed E-state index contributed by atoms with van der Waals surface area (Å²) in [7, 11) is 1.54. The predicted molar refractivity (Wildman–Crippen MR) is 139 cm³/mol. The van der Waals surface area contributed by atoms with Gasteiger partial charge in [0.05, 0.1) is 12.7 Å². The van der Waals surface area contributed by atoms with Crippen molar-refractivity contribution in [3.8, 4) is 17.0 Å². The summed E-state index contributed by atoms with van der Waals surface area (Å²) in [5.41, 5.74) is 4.25. The minimum atomic E-state index is -0.920. The normalized spacial score (nSPS) is 11.6. The third-order valence-electron chi connectivity index (χ3n) is 5.88. The predicted octanol–water partition coefficient (Wildman–Crippen LogP) is 6.31. The zero-order chi connectivity index (χ0) is 25.8. The van der Waals surface area contributed by atoms with Gasteiger partial charge < -0.3 is 9.84 Å². The molecule has 186 valence electrons. The van der Waals surface area contributed by atoms with E-state index in [4.69, 9.17) is 4.74 Å². The molecular formula is C28H33FN2O3S. The van der Waals surface area contributed by atoms with Gasteiger partial charge in [0.25, 0.3) is 0 Å². The molecule has 0 unspecified atom stereocenters. The quantitative estimate of drug-likeness (QED) is 0.340. The average molecular weight is 497 g/mol.